The number of phenolic OH excluding ortho intramolecular Hbond substituents is 1. The minimum atomic E-state index is -0.173. The third kappa shape index (κ3) is 3.69. The van der Waals surface area contributed by atoms with Gasteiger partial charge in [0.25, 0.3) is 5.91 Å². The molecule has 2 aromatic carbocycles. The monoisotopic (exact) mass is 309 g/mol. The number of hydrogen-bond donors (Lipinski definition) is 2. The van der Waals surface area contributed by atoms with Crippen LogP contribution < -0.4 is 10.3 Å². The maximum absolute atomic E-state index is 12.1. The summed E-state index contributed by atoms with van der Waals surface area (Å²) < 4.78 is 0. The first-order valence-electron chi connectivity index (χ1n) is 7.67. The normalized spacial score (nSPS) is 13.8. The first-order valence-corrected chi connectivity index (χ1v) is 7.67. The second kappa shape index (κ2) is 6.96. The highest BCUT2D eigenvalue weighted by Crippen LogP contribution is 2.26. The molecule has 1 aliphatic rings. The average molecular weight is 309 g/mol. The number of para-hydroxylation sites is 2. The Bertz CT molecular complexity index is 728. The molecule has 23 heavy (non-hydrogen) atoms. The summed E-state index contributed by atoms with van der Waals surface area (Å²) >= 11 is 0. The summed E-state index contributed by atoms with van der Waals surface area (Å²) in [6.07, 6.45) is 3.54. The third-order valence-electron chi connectivity index (χ3n) is 3.87. The predicted molar refractivity (Wildman–Crippen MR) is 90.8 cm³/mol. The lowest BCUT2D eigenvalue weighted by atomic mass is 10.0. The number of hydrogen-bond acceptors (Lipinski definition) is 4. The van der Waals surface area contributed by atoms with Crippen LogP contribution in [-0.4, -0.2) is 30.3 Å². The second-order valence-electron chi connectivity index (χ2n) is 5.51. The highest BCUT2D eigenvalue weighted by atomic mass is 16.3. The van der Waals surface area contributed by atoms with Gasteiger partial charge in [-0.3, -0.25) is 4.79 Å². The van der Waals surface area contributed by atoms with Crippen LogP contribution in [0.15, 0.2) is 53.6 Å². The van der Waals surface area contributed by atoms with Crippen molar-refractivity contribution in [2.45, 2.75) is 12.8 Å². The van der Waals surface area contributed by atoms with Crippen molar-refractivity contribution >= 4 is 17.8 Å². The number of hydrazone groups is 1. The number of nitrogens with one attached hydrogen (secondary N) is 1. The highest BCUT2D eigenvalue weighted by Gasteiger charge is 2.18. The Kier molecular flexibility index (Phi) is 4.57. The molecule has 0 saturated carbocycles. The van der Waals surface area contributed by atoms with Gasteiger partial charge < -0.3 is 10.0 Å². The Morgan fingerprint density at radius 3 is 2.87 bits per heavy atom. The standard InChI is InChI=1S/C18H19N3O2/c22-17-10-4-2-7-15(17)12-19-20-18(23)13-21-11-5-8-14-6-1-3-9-16(14)21/h1-4,6-7,9-10,12,22H,5,8,11,13H2,(H,20,23)/b19-12-. The van der Waals surface area contributed by atoms with Crippen LogP contribution in [0.2, 0.25) is 0 Å². The van der Waals surface area contributed by atoms with Gasteiger partial charge in [-0.25, -0.2) is 5.43 Å². The molecular weight excluding hydrogens is 290 g/mol. The number of benzene rings is 2. The molecule has 0 aromatic heterocycles. The number of carbonyl (C=O) groups excluding carboxylic acids is 1. The van der Waals surface area contributed by atoms with Crippen molar-refractivity contribution in [2.75, 3.05) is 18.0 Å². The van der Waals surface area contributed by atoms with Crippen LogP contribution in [0, 0.1) is 0 Å². The molecule has 1 amide bonds. The molecule has 118 valence electrons. The van der Waals surface area contributed by atoms with Gasteiger partial charge in [-0.2, -0.15) is 5.10 Å². The molecule has 1 aliphatic heterocycles. The van der Waals surface area contributed by atoms with E-state index in [1.54, 1.807) is 24.3 Å². The molecule has 0 radical (unpaired) electrons. The smallest absolute Gasteiger partial charge is 0.259 e. The van der Waals surface area contributed by atoms with E-state index >= 15 is 0 Å². The van der Waals surface area contributed by atoms with E-state index in [4.69, 9.17) is 0 Å². The summed E-state index contributed by atoms with van der Waals surface area (Å²) in [4.78, 5) is 14.1. The van der Waals surface area contributed by atoms with E-state index in [1.165, 1.54) is 11.8 Å². The van der Waals surface area contributed by atoms with Crippen molar-refractivity contribution in [3.8, 4) is 5.75 Å². The largest absolute Gasteiger partial charge is 0.507 e. The molecule has 3 rings (SSSR count). The van der Waals surface area contributed by atoms with E-state index in [2.05, 4.69) is 21.5 Å². The molecule has 1 heterocycles. The number of carbonyl (C=O) groups is 1. The van der Waals surface area contributed by atoms with Crippen LogP contribution in [0.5, 0.6) is 5.75 Å². The molecular formula is C18H19N3O2. The quantitative estimate of drug-likeness (QED) is 0.673. The topological polar surface area (TPSA) is 64.9 Å². The second-order valence-corrected chi connectivity index (χ2v) is 5.51. The predicted octanol–water partition coefficient (Wildman–Crippen LogP) is 2.30. The molecule has 0 fully saturated rings. The fraction of sp³-hybridized carbons (Fsp3) is 0.222. The van der Waals surface area contributed by atoms with Gasteiger partial charge in [0.15, 0.2) is 0 Å². The molecule has 0 bridgehead atoms. The summed E-state index contributed by atoms with van der Waals surface area (Å²) in [5.74, 6) is -0.0381. The van der Waals surface area contributed by atoms with Gasteiger partial charge >= 0.3 is 0 Å². The van der Waals surface area contributed by atoms with Gasteiger partial charge in [0, 0.05) is 17.8 Å². The minimum Gasteiger partial charge on any atom is -0.507 e. The number of anilines is 1. The maximum atomic E-state index is 12.1. The minimum absolute atomic E-state index is 0.135. The van der Waals surface area contributed by atoms with Crippen molar-refractivity contribution in [1.29, 1.82) is 0 Å². The molecule has 5 nitrogen and oxygen atoms in total. The zero-order chi connectivity index (χ0) is 16.1. The summed E-state index contributed by atoms with van der Waals surface area (Å²) in [5.41, 5.74) is 5.49. The van der Waals surface area contributed by atoms with Crippen molar-refractivity contribution in [2.24, 2.45) is 5.10 Å². The molecule has 0 spiro atoms. The molecule has 5 heteroatoms. The van der Waals surface area contributed by atoms with E-state index in [1.807, 2.05) is 18.2 Å². The molecule has 0 unspecified atom stereocenters. The molecule has 2 aromatic rings. The number of nitrogens with zero attached hydrogens (tertiary/aromatic N) is 2. The van der Waals surface area contributed by atoms with E-state index < -0.39 is 0 Å². The summed E-state index contributed by atoms with van der Waals surface area (Å²) in [5, 5.41) is 13.5. The van der Waals surface area contributed by atoms with E-state index in [-0.39, 0.29) is 18.2 Å². The number of fused-ring (bicyclic) bond motifs is 1. The number of phenols is 1. The molecule has 2 N–H and O–H groups in total. The van der Waals surface area contributed by atoms with Crippen molar-refractivity contribution in [1.82, 2.24) is 5.43 Å². The van der Waals surface area contributed by atoms with Crippen molar-refractivity contribution < 1.29 is 9.90 Å². The van der Waals surface area contributed by atoms with Gasteiger partial charge in [-0.05, 0) is 36.6 Å². The van der Waals surface area contributed by atoms with Gasteiger partial charge in [0.1, 0.15) is 5.75 Å². The highest BCUT2D eigenvalue weighted by molar-refractivity contribution is 5.86. The fourth-order valence-electron chi connectivity index (χ4n) is 2.75. The maximum Gasteiger partial charge on any atom is 0.259 e. The van der Waals surface area contributed by atoms with Crippen LogP contribution in [-0.2, 0) is 11.2 Å². The first-order chi connectivity index (χ1) is 11.2. The van der Waals surface area contributed by atoms with Gasteiger partial charge in [0.2, 0.25) is 0 Å². The lowest BCUT2D eigenvalue weighted by molar-refractivity contribution is -0.119. The lowest BCUT2D eigenvalue weighted by Crippen LogP contribution is -2.38. The van der Waals surface area contributed by atoms with E-state index in [0.29, 0.717) is 5.56 Å². The molecule has 0 aliphatic carbocycles. The lowest BCUT2D eigenvalue weighted by Gasteiger charge is -2.30. The number of amides is 1. The Balaban J connectivity index is 1.59. The van der Waals surface area contributed by atoms with Crippen molar-refractivity contribution in [3.05, 3.63) is 59.7 Å². The third-order valence-corrected chi connectivity index (χ3v) is 3.87. The fourth-order valence-corrected chi connectivity index (χ4v) is 2.75. The van der Waals surface area contributed by atoms with Crippen LogP contribution >= 0.6 is 0 Å². The van der Waals surface area contributed by atoms with Crippen LogP contribution in [0.1, 0.15) is 17.5 Å². The first kappa shape index (κ1) is 15.1. The zero-order valence-corrected chi connectivity index (χ0v) is 12.8. The Morgan fingerprint density at radius 1 is 1.22 bits per heavy atom. The number of rotatable bonds is 4. The summed E-state index contributed by atoms with van der Waals surface area (Å²) in [7, 11) is 0. The molecule has 0 saturated heterocycles. The number of aromatic hydroxyl groups is 1. The van der Waals surface area contributed by atoms with Gasteiger partial charge in [-0.15, -0.1) is 0 Å². The zero-order valence-electron chi connectivity index (χ0n) is 12.8. The Hall–Kier alpha value is -2.82. The number of aryl methyl sites for hydroxylation is 1. The molecule has 0 atom stereocenters. The van der Waals surface area contributed by atoms with Crippen LogP contribution in [0.4, 0.5) is 5.69 Å². The average Bonchev–Trinajstić information content (AvgIpc) is 2.57. The SMILES string of the molecule is O=C(CN1CCCc2ccccc21)N/N=C\c1ccccc1O. The van der Waals surface area contributed by atoms with Crippen molar-refractivity contribution in [3.63, 3.8) is 0 Å². The van der Waals surface area contributed by atoms with E-state index in [9.17, 15) is 9.90 Å². The van der Waals surface area contributed by atoms with Gasteiger partial charge in [-0.1, -0.05) is 30.3 Å². The van der Waals surface area contributed by atoms with E-state index in [0.717, 1.165) is 25.1 Å². The Morgan fingerprint density at radius 2 is 2.00 bits per heavy atom. The Labute approximate surface area is 135 Å². The van der Waals surface area contributed by atoms with Crippen LogP contribution in [0.3, 0.4) is 0 Å². The van der Waals surface area contributed by atoms with Crippen LogP contribution in [0.25, 0.3) is 0 Å². The van der Waals surface area contributed by atoms with Gasteiger partial charge in [0.05, 0.1) is 12.8 Å². The summed E-state index contributed by atoms with van der Waals surface area (Å²) in [6, 6.07) is 15.0. The summed E-state index contributed by atoms with van der Waals surface area (Å²) in [6.45, 7) is 1.14.